The van der Waals surface area contributed by atoms with Crippen molar-refractivity contribution in [1.29, 1.82) is 0 Å². The Morgan fingerprint density at radius 1 is 1.07 bits per heavy atom. The number of carbonyl (C=O) groups excluding carboxylic acids is 2. The third-order valence-corrected chi connectivity index (χ3v) is 7.58. The summed E-state index contributed by atoms with van der Waals surface area (Å²) < 4.78 is 5.01. The maximum absolute atomic E-state index is 13.2. The molecule has 2 fully saturated rings. The Morgan fingerprint density at radius 2 is 1.70 bits per heavy atom. The van der Waals surface area contributed by atoms with E-state index >= 15 is 0 Å². The van der Waals surface area contributed by atoms with Gasteiger partial charge in [-0.3, -0.25) is 9.59 Å². The number of amides is 1. The van der Waals surface area contributed by atoms with Gasteiger partial charge in [0.25, 0.3) is 0 Å². The molecule has 0 saturated heterocycles. The molecule has 0 spiro atoms. The predicted octanol–water partition coefficient (Wildman–Crippen LogP) is 4.50. The number of nitrogens with one attached hydrogen (secondary N) is 1. The number of aliphatic carboxylic acids is 1. The lowest BCUT2D eigenvalue weighted by Crippen LogP contribution is -2.37. The number of esters is 1. The van der Waals surface area contributed by atoms with Crippen LogP contribution in [-0.2, 0) is 14.3 Å². The number of carboxylic acid groups (broad SMARTS) is 1. The molecule has 0 unspecified atom stereocenters. The Bertz CT molecular complexity index is 1010. The van der Waals surface area contributed by atoms with E-state index in [2.05, 4.69) is 5.32 Å². The number of hydrogen-bond donors (Lipinski definition) is 2. The van der Waals surface area contributed by atoms with Gasteiger partial charge >= 0.3 is 11.9 Å². The standard InChI is InChI=1S/C23H25NO5S/c1-11-4-6-13(7-5-11)16-12(2)30-21(19(16)23(28)29-3)24-20(25)17-14-8-9-15(10-14)18(17)22(26)27/h4-7,14-15,17-18H,8-10H2,1-3H3,(H,24,25)(H,26,27)/t14-,15+,17-,18+/m1/s1. The maximum Gasteiger partial charge on any atom is 0.341 e. The smallest absolute Gasteiger partial charge is 0.341 e. The van der Waals surface area contributed by atoms with E-state index in [4.69, 9.17) is 4.74 Å². The molecule has 4 atom stereocenters. The van der Waals surface area contributed by atoms with Crippen molar-refractivity contribution in [2.75, 3.05) is 12.4 Å². The molecule has 1 aromatic heterocycles. The molecule has 158 valence electrons. The number of carboxylic acids is 1. The minimum Gasteiger partial charge on any atom is -0.481 e. The molecule has 7 heteroatoms. The number of thiophene rings is 1. The number of rotatable bonds is 5. The van der Waals surface area contributed by atoms with Crippen molar-refractivity contribution in [2.45, 2.75) is 33.1 Å². The van der Waals surface area contributed by atoms with E-state index in [9.17, 15) is 19.5 Å². The fourth-order valence-corrected chi connectivity index (χ4v) is 6.28. The summed E-state index contributed by atoms with van der Waals surface area (Å²) in [6.07, 6.45) is 2.54. The van der Waals surface area contributed by atoms with Crippen LogP contribution in [0.5, 0.6) is 0 Å². The first-order valence-corrected chi connectivity index (χ1v) is 11.0. The molecular formula is C23H25NO5S. The topological polar surface area (TPSA) is 92.7 Å². The molecule has 0 aliphatic heterocycles. The third-order valence-electron chi connectivity index (χ3n) is 6.56. The molecule has 0 radical (unpaired) electrons. The van der Waals surface area contributed by atoms with Gasteiger partial charge in [-0.25, -0.2) is 4.79 Å². The van der Waals surface area contributed by atoms with E-state index < -0.39 is 23.8 Å². The Labute approximate surface area is 179 Å². The second-order valence-electron chi connectivity index (χ2n) is 8.31. The van der Waals surface area contributed by atoms with Crippen LogP contribution in [0.2, 0.25) is 0 Å². The number of carbonyl (C=O) groups is 3. The van der Waals surface area contributed by atoms with E-state index in [1.807, 2.05) is 38.1 Å². The summed E-state index contributed by atoms with van der Waals surface area (Å²) in [4.78, 5) is 38.5. The molecule has 2 aliphatic rings. The molecule has 2 saturated carbocycles. The van der Waals surface area contributed by atoms with Gasteiger partial charge in [-0.2, -0.15) is 0 Å². The number of anilines is 1. The second-order valence-corrected chi connectivity index (χ2v) is 9.53. The average Bonchev–Trinajstić information content (AvgIpc) is 3.41. The highest BCUT2D eigenvalue weighted by Crippen LogP contribution is 2.53. The molecule has 1 heterocycles. The van der Waals surface area contributed by atoms with Gasteiger partial charge in [0.1, 0.15) is 10.6 Å². The summed E-state index contributed by atoms with van der Waals surface area (Å²) in [5, 5.41) is 13.0. The van der Waals surface area contributed by atoms with Crippen molar-refractivity contribution in [1.82, 2.24) is 0 Å². The van der Waals surface area contributed by atoms with Gasteiger partial charge in [0.05, 0.1) is 18.9 Å². The minimum absolute atomic E-state index is 0.0662. The third kappa shape index (κ3) is 3.41. The SMILES string of the molecule is COC(=O)c1c(NC(=O)[C@@H]2[C@@H]3CC[C@@H](C3)[C@@H]2C(=O)O)sc(C)c1-c1ccc(C)cc1. The van der Waals surface area contributed by atoms with E-state index in [-0.39, 0.29) is 17.7 Å². The lowest BCUT2D eigenvalue weighted by molar-refractivity contribution is -0.148. The van der Waals surface area contributed by atoms with Crippen LogP contribution in [0, 0.1) is 37.5 Å². The van der Waals surface area contributed by atoms with E-state index in [0.29, 0.717) is 10.6 Å². The van der Waals surface area contributed by atoms with Crippen LogP contribution in [0.1, 0.15) is 40.1 Å². The van der Waals surface area contributed by atoms with Crippen molar-refractivity contribution < 1.29 is 24.2 Å². The summed E-state index contributed by atoms with van der Waals surface area (Å²) in [7, 11) is 1.32. The number of hydrogen-bond acceptors (Lipinski definition) is 5. The number of ether oxygens (including phenoxy) is 1. The van der Waals surface area contributed by atoms with Gasteiger partial charge in [-0.05, 0) is 50.5 Å². The molecule has 30 heavy (non-hydrogen) atoms. The van der Waals surface area contributed by atoms with E-state index in [1.165, 1.54) is 18.4 Å². The Hall–Kier alpha value is -2.67. The predicted molar refractivity (Wildman–Crippen MR) is 115 cm³/mol. The fourth-order valence-electron chi connectivity index (χ4n) is 5.22. The average molecular weight is 428 g/mol. The zero-order chi connectivity index (χ0) is 21.6. The highest BCUT2D eigenvalue weighted by molar-refractivity contribution is 7.17. The second kappa shape index (κ2) is 7.87. The highest BCUT2D eigenvalue weighted by atomic mass is 32.1. The first-order valence-electron chi connectivity index (χ1n) is 10.1. The largest absolute Gasteiger partial charge is 0.481 e. The van der Waals surface area contributed by atoms with E-state index in [1.54, 1.807) is 0 Å². The van der Waals surface area contributed by atoms with Crippen molar-refractivity contribution in [3.05, 3.63) is 40.3 Å². The van der Waals surface area contributed by atoms with Crippen LogP contribution >= 0.6 is 11.3 Å². The van der Waals surface area contributed by atoms with Crippen LogP contribution in [-0.4, -0.2) is 30.1 Å². The molecule has 4 rings (SSSR count). The van der Waals surface area contributed by atoms with Gasteiger partial charge < -0.3 is 15.2 Å². The monoisotopic (exact) mass is 427 g/mol. The number of benzene rings is 1. The molecule has 2 bridgehead atoms. The summed E-state index contributed by atoms with van der Waals surface area (Å²) in [6.45, 7) is 3.89. The van der Waals surface area contributed by atoms with Crippen molar-refractivity contribution in [2.24, 2.45) is 23.7 Å². The van der Waals surface area contributed by atoms with Crippen LogP contribution < -0.4 is 5.32 Å². The summed E-state index contributed by atoms with van der Waals surface area (Å²) >= 11 is 1.32. The summed E-state index contributed by atoms with van der Waals surface area (Å²) in [6, 6.07) is 7.83. The van der Waals surface area contributed by atoms with Gasteiger partial charge in [-0.15, -0.1) is 11.3 Å². The number of methoxy groups -OCH3 is 1. The minimum atomic E-state index is -0.904. The highest BCUT2D eigenvalue weighted by Gasteiger charge is 2.54. The molecule has 6 nitrogen and oxygen atoms in total. The Kier molecular flexibility index (Phi) is 5.40. The molecule has 1 amide bonds. The number of aryl methyl sites for hydroxylation is 2. The van der Waals surface area contributed by atoms with Crippen LogP contribution in [0.4, 0.5) is 5.00 Å². The maximum atomic E-state index is 13.2. The normalized spacial score (nSPS) is 24.6. The van der Waals surface area contributed by atoms with E-state index in [0.717, 1.165) is 40.8 Å². The Morgan fingerprint density at radius 3 is 2.30 bits per heavy atom. The van der Waals surface area contributed by atoms with Gasteiger partial charge in [-0.1, -0.05) is 29.8 Å². The van der Waals surface area contributed by atoms with Gasteiger partial charge in [0, 0.05) is 10.4 Å². The van der Waals surface area contributed by atoms with Gasteiger partial charge in [0.15, 0.2) is 0 Å². The molecule has 1 aromatic carbocycles. The van der Waals surface area contributed by atoms with Crippen LogP contribution in [0.25, 0.3) is 11.1 Å². The van der Waals surface area contributed by atoms with Crippen molar-refractivity contribution in [3.8, 4) is 11.1 Å². The first kappa shape index (κ1) is 20.6. The zero-order valence-electron chi connectivity index (χ0n) is 17.2. The molecule has 2 aromatic rings. The molecule has 2 aliphatic carbocycles. The number of fused-ring (bicyclic) bond motifs is 2. The quantitative estimate of drug-likeness (QED) is 0.685. The van der Waals surface area contributed by atoms with Gasteiger partial charge in [0.2, 0.25) is 5.91 Å². The zero-order valence-corrected chi connectivity index (χ0v) is 18.0. The fraction of sp³-hybridized carbons (Fsp3) is 0.435. The first-order chi connectivity index (χ1) is 14.3. The lowest BCUT2D eigenvalue weighted by Gasteiger charge is -2.26. The summed E-state index contributed by atoms with van der Waals surface area (Å²) in [5.41, 5.74) is 3.05. The molecular weight excluding hydrogens is 402 g/mol. The summed E-state index contributed by atoms with van der Waals surface area (Å²) in [5.74, 6) is -2.78. The molecule has 2 N–H and O–H groups in total. The van der Waals surface area contributed by atoms with Crippen molar-refractivity contribution in [3.63, 3.8) is 0 Å². The van der Waals surface area contributed by atoms with Crippen LogP contribution in [0.3, 0.4) is 0 Å². The van der Waals surface area contributed by atoms with Crippen molar-refractivity contribution >= 4 is 34.2 Å². The van der Waals surface area contributed by atoms with Crippen LogP contribution in [0.15, 0.2) is 24.3 Å². The lowest BCUT2D eigenvalue weighted by atomic mass is 9.78. The Balaban J connectivity index is 1.70.